The Morgan fingerprint density at radius 1 is 1.24 bits per heavy atom. The van der Waals surface area contributed by atoms with Crippen molar-refractivity contribution < 1.29 is 9.21 Å². The number of benzene rings is 1. The van der Waals surface area contributed by atoms with Gasteiger partial charge in [-0.25, -0.2) is 9.78 Å². The van der Waals surface area contributed by atoms with E-state index in [2.05, 4.69) is 10.3 Å². The molecule has 2 amide bonds. The monoisotopic (exact) mass is 341 g/mol. The second kappa shape index (κ2) is 7.72. The third-order valence-corrected chi connectivity index (χ3v) is 4.93. The molecule has 2 aromatic rings. The molecule has 0 bridgehead atoms. The summed E-state index contributed by atoms with van der Waals surface area (Å²) in [5.74, 6) is 1.38. The van der Waals surface area contributed by atoms with E-state index in [0.717, 1.165) is 35.4 Å². The molecule has 1 aliphatic rings. The van der Waals surface area contributed by atoms with Crippen LogP contribution in [0, 0.1) is 13.8 Å². The highest BCUT2D eigenvalue weighted by Crippen LogP contribution is 2.25. The van der Waals surface area contributed by atoms with Gasteiger partial charge in [-0.05, 0) is 38.3 Å². The minimum Gasteiger partial charge on any atom is -0.441 e. The summed E-state index contributed by atoms with van der Waals surface area (Å²) in [5.41, 5.74) is 2.92. The number of aromatic nitrogens is 1. The molecule has 0 unspecified atom stereocenters. The second-order valence-electron chi connectivity index (χ2n) is 6.98. The molecule has 0 saturated heterocycles. The van der Waals surface area contributed by atoms with Crippen molar-refractivity contribution in [3.05, 3.63) is 41.3 Å². The van der Waals surface area contributed by atoms with E-state index in [1.165, 1.54) is 19.3 Å². The highest BCUT2D eigenvalue weighted by molar-refractivity contribution is 5.74. The third kappa shape index (κ3) is 4.21. The molecule has 1 heterocycles. The molecule has 0 atom stereocenters. The molecule has 1 N–H and O–H groups in total. The number of carbonyl (C=O) groups excluding carboxylic acids is 1. The number of nitrogens with one attached hydrogen (secondary N) is 1. The highest BCUT2D eigenvalue weighted by Gasteiger charge is 2.20. The average Bonchev–Trinajstić information content (AvgIpc) is 2.96. The van der Waals surface area contributed by atoms with Crippen LogP contribution >= 0.6 is 0 Å². The molecule has 0 radical (unpaired) electrons. The van der Waals surface area contributed by atoms with Gasteiger partial charge in [0.15, 0.2) is 0 Å². The van der Waals surface area contributed by atoms with Crippen molar-refractivity contribution in [1.82, 2.24) is 15.2 Å². The first-order valence-corrected chi connectivity index (χ1v) is 9.08. The van der Waals surface area contributed by atoms with Crippen molar-refractivity contribution >= 4 is 6.03 Å². The number of aryl methyl sites for hydroxylation is 2. The summed E-state index contributed by atoms with van der Waals surface area (Å²) in [5, 5.41) is 3.13. The van der Waals surface area contributed by atoms with E-state index in [0.29, 0.717) is 18.5 Å². The number of urea groups is 1. The Labute approximate surface area is 149 Å². The van der Waals surface area contributed by atoms with Crippen LogP contribution in [0.1, 0.15) is 49.1 Å². The number of nitrogens with zero attached hydrogens (tertiary/aromatic N) is 2. The average molecular weight is 341 g/mol. The van der Waals surface area contributed by atoms with Gasteiger partial charge in [-0.1, -0.05) is 37.5 Å². The predicted molar refractivity (Wildman–Crippen MR) is 98.3 cm³/mol. The van der Waals surface area contributed by atoms with Crippen molar-refractivity contribution in [3.8, 4) is 11.5 Å². The summed E-state index contributed by atoms with van der Waals surface area (Å²) < 4.78 is 5.84. The van der Waals surface area contributed by atoms with Crippen LogP contribution in [-0.4, -0.2) is 29.0 Å². The van der Waals surface area contributed by atoms with E-state index in [-0.39, 0.29) is 6.03 Å². The maximum atomic E-state index is 12.4. The molecule has 3 rings (SSSR count). The summed E-state index contributed by atoms with van der Waals surface area (Å²) in [7, 11) is 1.81. The molecular weight excluding hydrogens is 314 g/mol. The van der Waals surface area contributed by atoms with Crippen LogP contribution in [0.3, 0.4) is 0 Å². The summed E-state index contributed by atoms with van der Waals surface area (Å²) in [6.07, 6.45) is 5.86. The third-order valence-electron chi connectivity index (χ3n) is 4.93. The van der Waals surface area contributed by atoms with Crippen molar-refractivity contribution in [2.45, 2.75) is 58.5 Å². The maximum absolute atomic E-state index is 12.4. The van der Waals surface area contributed by atoms with E-state index in [1.54, 1.807) is 11.9 Å². The van der Waals surface area contributed by atoms with Gasteiger partial charge in [0.1, 0.15) is 11.5 Å². The lowest BCUT2D eigenvalue weighted by atomic mass is 9.96. The van der Waals surface area contributed by atoms with Gasteiger partial charge >= 0.3 is 6.03 Å². The quantitative estimate of drug-likeness (QED) is 0.895. The van der Waals surface area contributed by atoms with Crippen LogP contribution in [0.15, 0.2) is 28.7 Å². The number of oxazole rings is 1. The van der Waals surface area contributed by atoms with E-state index >= 15 is 0 Å². The van der Waals surface area contributed by atoms with Gasteiger partial charge in [0.2, 0.25) is 5.89 Å². The minimum atomic E-state index is -0.0354. The van der Waals surface area contributed by atoms with Crippen molar-refractivity contribution in [2.24, 2.45) is 0 Å². The Kier molecular flexibility index (Phi) is 5.41. The number of hydrogen-bond acceptors (Lipinski definition) is 3. The van der Waals surface area contributed by atoms with Crippen LogP contribution in [0.2, 0.25) is 0 Å². The minimum absolute atomic E-state index is 0.0354. The Balaban J connectivity index is 1.66. The van der Waals surface area contributed by atoms with Gasteiger partial charge in [-0.3, -0.25) is 0 Å². The van der Waals surface area contributed by atoms with Gasteiger partial charge in [0.05, 0.1) is 6.54 Å². The normalized spacial score (nSPS) is 15.2. The molecule has 1 saturated carbocycles. The molecule has 1 aromatic heterocycles. The molecule has 5 heteroatoms. The van der Waals surface area contributed by atoms with E-state index < -0.39 is 0 Å². The zero-order valence-corrected chi connectivity index (χ0v) is 15.3. The molecule has 1 fully saturated rings. The highest BCUT2D eigenvalue weighted by atomic mass is 16.4. The molecule has 1 aliphatic carbocycles. The maximum Gasteiger partial charge on any atom is 0.317 e. The Hall–Kier alpha value is -2.30. The molecule has 0 aliphatic heterocycles. The van der Waals surface area contributed by atoms with Crippen LogP contribution in [-0.2, 0) is 6.54 Å². The van der Waals surface area contributed by atoms with Crippen molar-refractivity contribution in [2.75, 3.05) is 7.05 Å². The lowest BCUT2D eigenvalue weighted by Crippen LogP contribution is -2.43. The summed E-state index contributed by atoms with van der Waals surface area (Å²) in [6.45, 7) is 4.38. The van der Waals surface area contributed by atoms with Crippen LogP contribution in [0.5, 0.6) is 0 Å². The Morgan fingerprint density at radius 2 is 1.96 bits per heavy atom. The topological polar surface area (TPSA) is 58.4 Å². The summed E-state index contributed by atoms with van der Waals surface area (Å²) in [6, 6.07) is 8.29. The Morgan fingerprint density at radius 3 is 2.68 bits per heavy atom. The van der Waals surface area contributed by atoms with Crippen molar-refractivity contribution in [3.63, 3.8) is 0 Å². The largest absolute Gasteiger partial charge is 0.441 e. The molecule has 134 valence electrons. The SMILES string of the molecule is Cc1ccccc1-c1nc(CN(C)C(=O)NC2CCCCC2)c(C)o1. The first kappa shape index (κ1) is 17.5. The fourth-order valence-electron chi connectivity index (χ4n) is 3.33. The van der Waals surface area contributed by atoms with Gasteiger partial charge < -0.3 is 14.6 Å². The summed E-state index contributed by atoms with van der Waals surface area (Å²) >= 11 is 0. The van der Waals surface area contributed by atoms with Gasteiger partial charge in [-0.15, -0.1) is 0 Å². The first-order valence-electron chi connectivity index (χ1n) is 9.08. The fourth-order valence-corrected chi connectivity index (χ4v) is 3.33. The molecule has 25 heavy (non-hydrogen) atoms. The van der Waals surface area contributed by atoms with Crippen molar-refractivity contribution in [1.29, 1.82) is 0 Å². The molecule has 5 nitrogen and oxygen atoms in total. The second-order valence-corrected chi connectivity index (χ2v) is 6.98. The van der Waals surface area contributed by atoms with Gasteiger partial charge in [0, 0.05) is 18.7 Å². The fraction of sp³-hybridized carbons (Fsp3) is 0.500. The van der Waals surface area contributed by atoms with Crippen LogP contribution in [0.25, 0.3) is 11.5 Å². The lowest BCUT2D eigenvalue weighted by Gasteiger charge is -2.25. The molecule has 1 aromatic carbocycles. The lowest BCUT2D eigenvalue weighted by molar-refractivity contribution is 0.198. The van der Waals surface area contributed by atoms with E-state index in [9.17, 15) is 4.79 Å². The molecular formula is C20H27N3O2. The van der Waals surface area contributed by atoms with Crippen LogP contribution < -0.4 is 5.32 Å². The molecule has 0 spiro atoms. The zero-order valence-electron chi connectivity index (χ0n) is 15.3. The number of rotatable bonds is 4. The van der Waals surface area contributed by atoms with E-state index in [1.807, 2.05) is 38.1 Å². The predicted octanol–water partition coefficient (Wildman–Crippen LogP) is 4.43. The van der Waals surface area contributed by atoms with Gasteiger partial charge in [-0.2, -0.15) is 0 Å². The Bertz CT molecular complexity index is 732. The number of amides is 2. The zero-order chi connectivity index (χ0) is 17.8. The summed E-state index contributed by atoms with van der Waals surface area (Å²) in [4.78, 5) is 18.7. The van der Waals surface area contributed by atoms with E-state index in [4.69, 9.17) is 4.42 Å². The van der Waals surface area contributed by atoms with Crippen LogP contribution in [0.4, 0.5) is 4.79 Å². The first-order chi connectivity index (χ1) is 12.0. The smallest absolute Gasteiger partial charge is 0.317 e. The standard InChI is InChI=1S/C20H27N3O2/c1-14-9-7-8-12-17(14)19-22-18(15(2)25-19)13-23(3)20(24)21-16-10-5-4-6-11-16/h7-9,12,16H,4-6,10-11,13H2,1-3H3,(H,21,24). The number of hydrogen-bond donors (Lipinski definition) is 1. The van der Waals surface area contributed by atoms with Gasteiger partial charge in [0.25, 0.3) is 0 Å². The number of carbonyl (C=O) groups is 1.